The van der Waals surface area contributed by atoms with E-state index >= 15 is 0 Å². The number of hydrogen-bond donors (Lipinski definition) is 2. The standard InChI is InChI=1S/C13H9ClF2N2O/c14-12-8(2-1-3-11(12)17)13(19)18-7-4-5-9(15)10(16)6-7/h1-6H,17H2,(H,18,19). The van der Waals surface area contributed by atoms with E-state index in [1.165, 1.54) is 12.1 Å². The van der Waals surface area contributed by atoms with Crippen LogP contribution in [0.2, 0.25) is 5.02 Å². The lowest BCUT2D eigenvalue weighted by molar-refractivity contribution is 0.102. The normalized spacial score (nSPS) is 10.3. The van der Waals surface area contributed by atoms with Crippen molar-refractivity contribution in [3.05, 3.63) is 58.6 Å². The lowest BCUT2D eigenvalue weighted by atomic mass is 10.2. The van der Waals surface area contributed by atoms with Gasteiger partial charge in [0.15, 0.2) is 11.6 Å². The van der Waals surface area contributed by atoms with E-state index in [9.17, 15) is 13.6 Å². The van der Waals surface area contributed by atoms with E-state index in [4.69, 9.17) is 17.3 Å². The average molecular weight is 283 g/mol. The van der Waals surface area contributed by atoms with Gasteiger partial charge in [0.05, 0.1) is 16.3 Å². The maximum Gasteiger partial charge on any atom is 0.257 e. The molecule has 0 unspecified atom stereocenters. The number of rotatable bonds is 2. The molecule has 2 aromatic carbocycles. The van der Waals surface area contributed by atoms with Crippen molar-refractivity contribution in [2.75, 3.05) is 11.1 Å². The summed E-state index contributed by atoms with van der Waals surface area (Å²) in [5, 5.41) is 2.52. The number of nitrogen functional groups attached to an aromatic ring is 1. The molecule has 3 N–H and O–H groups in total. The minimum atomic E-state index is -1.04. The second kappa shape index (κ2) is 5.24. The number of hydrogen-bond acceptors (Lipinski definition) is 2. The quantitative estimate of drug-likeness (QED) is 0.829. The van der Waals surface area contributed by atoms with Gasteiger partial charge in [-0.25, -0.2) is 8.78 Å². The Bertz CT molecular complexity index is 647. The first-order valence-corrected chi connectivity index (χ1v) is 5.67. The van der Waals surface area contributed by atoms with Crippen molar-refractivity contribution in [2.45, 2.75) is 0 Å². The molecule has 0 heterocycles. The Kier molecular flexibility index (Phi) is 3.66. The monoisotopic (exact) mass is 282 g/mol. The van der Waals surface area contributed by atoms with Crippen LogP contribution < -0.4 is 11.1 Å². The van der Waals surface area contributed by atoms with Crippen molar-refractivity contribution in [3.8, 4) is 0 Å². The van der Waals surface area contributed by atoms with Crippen molar-refractivity contribution in [2.24, 2.45) is 0 Å². The largest absolute Gasteiger partial charge is 0.398 e. The minimum absolute atomic E-state index is 0.114. The molecule has 0 aromatic heterocycles. The van der Waals surface area contributed by atoms with Crippen LogP contribution in [0.25, 0.3) is 0 Å². The van der Waals surface area contributed by atoms with E-state index in [1.807, 2.05) is 0 Å². The fourth-order valence-corrected chi connectivity index (χ4v) is 1.71. The highest BCUT2D eigenvalue weighted by Crippen LogP contribution is 2.24. The third-order valence-corrected chi connectivity index (χ3v) is 2.87. The van der Waals surface area contributed by atoms with Gasteiger partial charge in [0.25, 0.3) is 5.91 Å². The van der Waals surface area contributed by atoms with Crippen molar-refractivity contribution in [1.82, 2.24) is 0 Å². The number of carbonyl (C=O) groups excluding carboxylic acids is 1. The molecular weight excluding hydrogens is 274 g/mol. The Morgan fingerprint density at radius 3 is 2.58 bits per heavy atom. The van der Waals surface area contributed by atoms with Gasteiger partial charge in [-0.05, 0) is 24.3 Å². The van der Waals surface area contributed by atoms with Crippen molar-refractivity contribution in [3.63, 3.8) is 0 Å². The molecule has 2 aromatic rings. The Hall–Kier alpha value is -2.14. The van der Waals surface area contributed by atoms with Gasteiger partial charge in [-0.2, -0.15) is 0 Å². The number of amides is 1. The van der Waals surface area contributed by atoms with E-state index in [0.29, 0.717) is 0 Å². The van der Waals surface area contributed by atoms with Crippen molar-refractivity contribution >= 4 is 28.9 Å². The molecule has 0 fully saturated rings. The fourth-order valence-electron chi connectivity index (χ4n) is 1.50. The fraction of sp³-hybridized carbons (Fsp3) is 0. The summed E-state index contributed by atoms with van der Waals surface area (Å²) in [5.41, 5.74) is 6.12. The predicted octanol–water partition coefficient (Wildman–Crippen LogP) is 3.45. The molecule has 0 aliphatic carbocycles. The predicted molar refractivity (Wildman–Crippen MR) is 70.2 cm³/mol. The average Bonchev–Trinajstić information content (AvgIpc) is 2.37. The zero-order valence-corrected chi connectivity index (χ0v) is 10.3. The molecule has 19 heavy (non-hydrogen) atoms. The molecule has 2 rings (SSSR count). The summed E-state index contributed by atoms with van der Waals surface area (Å²) in [7, 11) is 0. The molecule has 1 amide bonds. The second-order valence-corrected chi connectivity index (χ2v) is 4.17. The Balaban J connectivity index is 2.26. The highest BCUT2D eigenvalue weighted by atomic mass is 35.5. The van der Waals surface area contributed by atoms with Gasteiger partial charge in [-0.3, -0.25) is 4.79 Å². The van der Waals surface area contributed by atoms with E-state index < -0.39 is 17.5 Å². The topological polar surface area (TPSA) is 55.1 Å². The molecule has 0 radical (unpaired) electrons. The molecule has 6 heteroatoms. The lowest BCUT2D eigenvalue weighted by Crippen LogP contribution is -2.13. The molecule has 3 nitrogen and oxygen atoms in total. The summed E-state index contributed by atoms with van der Waals surface area (Å²) < 4.78 is 25.8. The Morgan fingerprint density at radius 1 is 1.16 bits per heavy atom. The van der Waals surface area contributed by atoms with Crippen molar-refractivity contribution < 1.29 is 13.6 Å². The summed E-state index contributed by atoms with van der Waals surface area (Å²) >= 11 is 5.89. The van der Waals surface area contributed by atoms with E-state index in [2.05, 4.69) is 5.32 Å². The third-order valence-electron chi connectivity index (χ3n) is 2.45. The number of nitrogens with two attached hydrogens (primary N) is 1. The van der Waals surface area contributed by atoms with Crippen molar-refractivity contribution in [1.29, 1.82) is 0 Å². The van der Waals surface area contributed by atoms with Gasteiger partial charge in [0.1, 0.15) is 0 Å². The first-order valence-electron chi connectivity index (χ1n) is 5.29. The molecule has 0 aliphatic heterocycles. The van der Waals surface area contributed by atoms with Crippen LogP contribution in [0.1, 0.15) is 10.4 Å². The molecule has 0 bridgehead atoms. The Labute approximate surface area is 113 Å². The van der Waals surface area contributed by atoms with E-state index in [-0.39, 0.29) is 22.0 Å². The van der Waals surface area contributed by atoms with Gasteiger partial charge < -0.3 is 11.1 Å². The summed E-state index contributed by atoms with van der Waals surface area (Å²) in [6.45, 7) is 0. The van der Waals surface area contributed by atoms with E-state index in [0.717, 1.165) is 12.1 Å². The maximum atomic E-state index is 13.0. The van der Waals surface area contributed by atoms with Gasteiger partial charge in [0.2, 0.25) is 0 Å². The number of benzene rings is 2. The molecule has 0 spiro atoms. The van der Waals surface area contributed by atoms with E-state index in [1.54, 1.807) is 12.1 Å². The van der Waals surface area contributed by atoms with Crippen LogP contribution in [0, 0.1) is 11.6 Å². The third kappa shape index (κ3) is 2.82. The number of carbonyl (C=O) groups is 1. The van der Waals surface area contributed by atoms with Crippen LogP contribution in [0.3, 0.4) is 0 Å². The van der Waals surface area contributed by atoms with Crippen LogP contribution in [-0.2, 0) is 0 Å². The zero-order chi connectivity index (χ0) is 14.0. The molecule has 0 saturated heterocycles. The summed E-state index contributed by atoms with van der Waals surface area (Å²) in [4.78, 5) is 11.9. The molecular formula is C13H9ClF2N2O. The highest BCUT2D eigenvalue weighted by Gasteiger charge is 2.13. The van der Waals surface area contributed by atoms with Crippen LogP contribution >= 0.6 is 11.6 Å². The Morgan fingerprint density at radius 2 is 1.89 bits per heavy atom. The molecule has 0 saturated carbocycles. The first-order chi connectivity index (χ1) is 8.99. The number of anilines is 2. The number of nitrogens with one attached hydrogen (secondary N) is 1. The van der Waals surface area contributed by atoms with Crippen LogP contribution in [0.5, 0.6) is 0 Å². The summed E-state index contributed by atoms with van der Waals surface area (Å²) in [6.07, 6.45) is 0. The SMILES string of the molecule is Nc1cccc(C(=O)Nc2ccc(F)c(F)c2)c1Cl. The van der Waals surface area contributed by atoms with Gasteiger partial charge in [-0.1, -0.05) is 17.7 Å². The highest BCUT2D eigenvalue weighted by molar-refractivity contribution is 6.36. The van der Waals surface area contributed by atoms with Gasteiger partial charge in [0, 0.05) is 11.8 Å². The zero-order valence-electron chi connectivity index (χ0n) is 9.58. The number of halogens is 3. The molecule has 0 atom stereocenters. The van der Waals surface area contributed by atoms with Gasteiger partial charge in [-0.15, -0.1) is 0 Å². The smallest absolute Gasteiger partial charge is 0.257 e. The minimum Gasteiger partial charge on any atom is -0.398 e. The summed E-state index contributed by atoms with van der Waals surface area (Å²) in [6, 6.07) is 7.65. The van der Waals surface area contributed by atoms with Crippen LogP contribution in [0.4, 0.5) is 20.2 Å². The lowest BCUT2D eigenvalue weighted by Gasteiger charge is -2.08. The van der Waals surface area contributed by atoms with Crippen LogP contribution in [-0.4, -0.2) is 5.91 Å². The molecule has 0 aliphatic rings. The first kappa shape index (κ1) is 13.3. The van der Waals surface area contributed by atoms with Gasteiger partial charge >= 0.3 is 0 Å². The molecule has 98 valence electrons. The second-order valence-electron chi connectivity index (χ2n) is 3.79. The summed E-state index contributed by atoms with van der Waals surface area (Å²) in [5.74, 6) is -2.58. The van der Waals surface area contributed by atoms with Crippen LogP contribution in [0.15, 0.2) is 36.4 Å². The maximum absolute atomic E-state index is 13.0.